The van der Waals surface area contributed by atoms with E-state index in [2.05, 4.69) is 5.32 Å². The molecule has 1 amide bonds. The van der Waals surface area contributed by atoms with Crippen molar-refractivity contribution < 1.29 is 15.0 Å². The lowest BCUT2D eigenvalue weighted by Crippen LogP contribution is -2.23. The molecule has 104 valence electrons. The zero-order chi connectivity index (χ0) is 14.7. The number of aromatic hydroxyl groups is 2. The van der Waals surface area contributed by atoms with Gasteiger partial charge in [0, 0.05) is 23.4 Å². The second-order valence-corrected chi connectivity index (χ2v) is 4.57. The van der Waals surface area contributed by atoms with E-state index in [1.807, 2.05) is 0 Å². The van der Waals surface area contributed by atoms with Crippen LogP contribution in [0.25, 0.3) is 0 Å². The molecule has 0 saturated heterocycles. The van der Waals surface area contributed by atoms with Crippen LogP contribution in [0.1, 0.15) is 21.5 Å². The quantitative estimate of drug-likeness (QED) is 0.507. The molecule has 0 unspecified atom stereocenters. The van der Waals surface area contributed by atoms with Crippen molar-refractivity contribution in [3.05, 3.63) is 53.1 Å². The molecule has 0 aliphatic heterocycles. The van der Waals surface area contributed by atoms with E-state index in [9.17, 15) is 15.0 Å². The Hall–Kier alpha value is -2.69. The lowest BCUT2D eigenvalue weighted by Gasteiger charge is -2.09. The van der Waals surface area contributed by atoms with E-state index >= 15 is 0 Å². The largest absolute Gasteiger partial charge is 0.508 e. The summed E-state index contributed by atoms with van der Waals surface area (Å²) in [5.74, 6) is -0.0706. The second-order valence-electron chi connectivity index (χ2n) is 4.57. The number of nitrogens with two attached hydrogens (primary N) is 1. The van der Waals surface area contributed by atoms with E-state index in [0.717, 1.165) is 0 Å². The molecular formula is C15H16N2O3. The summed E-state index contributed by atoms with van der Waals surface area (Å²) in [7, 11) is 0. The second kappa shape index (κ2) is 5.52. The SMILES string of the molecule is Cc1cc(O)ccc1C(=O)NCc1cc(N)ccc1O. The molecule has 0 fully saturated rings. The number of hydrogen-bond donors (Lipinski definition) is 4. The van der Waals surface area contributed by atoms with Crippen molar-refractivity contribution >= 4 is 11.6 Å². The molecule has 0 radical (unpaired) electrons. The van der Waals surface area contributed by atoms with Crippen molar-refractivity contribution in [2.24, 2.45) is 0 Å². The lowest BCUT2D eigenvalue weighted by molar-refractivity contribution is 0.0950. The molecule has 0 aliphatic carbocycles. The third-order valence-electron chi connectivity index (χ3n) is 3.00. The van der Waals surface area contributed by atoms with Gasteiger partial charge in [0.1, 0.15) is 11.5 Å². The van der Waals surface area contributed by atoms with E-state index in [1.54, 1.807) is 25.1 Å². The highest BCUT2D eigenvalue weighted by molar-refractivity contribution is 5.95. The zero-order valence-electron chi connectivity index (χ0n) is 11.1. The fourth-order valence-electron chi connectivity index (χ4n) is 1.92. The summed E-state index contributed by atoms with van der Waals surface area (Å²) in [6.45, 7) is 1.92. The Balaban J connectivity index is 2.10. The molecular weight excluding hydrogens is 256 g/mol. The van der Waals surface area contributed by atoms with Crippen LogP contribution in [0.4, 0.5) is 5.69 Å². The summed E-state index contributed by atoms with van der Waals surface area (Å²) in [6, 6.07) is 9.22. The molecule has 0 heterocycles. The number of phenols is 2. The molecule has 2 aromatic carbocycles. The number of nitrogen functional groups attached to an aromatic ring is 1. The Kier molecular flexibility index (Phi) is 3.79. The van der Waals surface area contributed by atoms with Gasteiger partial charge in [-0.25, -0.2) is 0 Å². The number of anilines is 1. The fourth-order valence-corrected chi connectivity index (χ4v) is 1.92. The predicted octanol–water partition coefficient (Wildman–Crippen LogP) is 1.92. The Morgan fingerprint density at radius 2 is 1.95 bits per heavy atom. The lowest BCUT2D eigenvalue weighted by atomic mass is 10.1. The van der Waals surface area contributed by atoms with Crippen molar-refractivity contribution in [2.75, 3.05) is 5.73 Å². The molecule has 5 nitrogen and oxygen atoms in total. The van der Waals surface area contributed by atoms with E-state index < -0.39 is 0 Å². The summed E-state index contributed by atoms with van der Waals surface area (Å²) >= 11 is 0. The van der Waals surface area contributed by atoms with E-state index in [1.165, 1.54) is 18.2 Å². The average Bonchev–Trinajstić information content (AvgIpc) is 2.39. The van der Waals surface area contributed by atoms with E-state index in [4.69, 9.17) is 5.73 Å². The molecule has 5 N–H and O–H groups in total. The number of carbonyl (C=O) groups excluding carboxylic acids is 1. The van der Waals surface area contributed by atoms with Gasteiger partial charge in [0.05, 0.1) is 0 Å². The van der Waals surface area contributed by atoms with Gasteiger partial charge in [-0.1, -0.05) is 0 Å². The normalized spacial score (nSPS) is 10.2. The smallest absolute Gasteiger partial charge is 0.251 e. The van der Waals surface area contributed by atoms with Gasteiger partial charge in [-0.3, -0.25) is 4.79 Å². The monoisotopic (exact) mass is 272 g/mol. The number of carbonyl (C=O) groups is 1. The van der Waals surface area contributed by atoms with Crippen molar-refractivity contribution in [3.8, 4) is 11.5 Å². The van der Waals surface area contributed by atoms with Crippen LogP contribution in [0.3, 0.4) is 0 Å². The fraction of sp³-hybridized carbons (Fsp3) is 0.133. The highest BCUT2D eigenvalue weighted by atomic mass is 16.3. The minimum atomic E-state index is -0.274. The maximum absolute atomic E-state index is 12.0. The number of hydrogen-bond acceptors (Lipinski definition) is 4. The maximum atomic E-state index is 12.0. The molecule has 2 rings (SSSR count). The van der Waals surface area contributed by atoms with Crippen molar-refractivity contribution in [1.82, 2.24) is 5.32 Å². The predicted molar refractivity (Wildman–Crippen MR) is 76.5 cm³/mol. The third-order valence-corrected chi connectivity index (χ3v) is 3.00. The molecule has 0 aromatic heterocycles. The van der Waals surface area contributed by atoms with Crippen LogP contribution < -0.4 is 11.1 Å². The topological polar surface area (TPSA) is 95.6 Å². The van der Waals surface area contributed by atoms with Crippen LogP contribution in [0.15, 0.2) is 36.4 Å². The number of aryl methyl sites for hydroxylation is 1. The molecule has 20 heavy (non-hydrogen) atoms. The van der Waals surface area contributed by atoms with Gasteiger partial charge in [0.25, 0.3) is 5.91 Å². The first-order valence-corrected chi connectivity index (χ1v) is 6.12. The Morgan fingerprint density at radius 1 is 1.20 bits per heavy atom. The number of amides is 1. The van der Waals surface area contributed by atoms with Gasteiger partial charge < -0.3 is 21.3 Å². The molecule has 0 saturated carbocycles. The number of rotatable bonds is 3. The van der Waals surface area contributed by atoms with Gasteiger partial charge in [-0.15, -0.1) is 0 Å². The number of benzene rings is 2. The first kappa shape index (κ1) is 13.7. The maximum Gasteiger partial charge on any atom is 0.251 e. The van der Waals surface area contributed by atoms with Crippen LogP contribution in [-0.2, 0) is 6.54 Å². The Bertz CT molecular complexity index is 654. The van der Waals surface area contributed by atoms with Crippen molar-refractivity contribution in [1.29, 1.82) is 0 Å². The van der Waals surface area contributed by atoms with Crippen molar-refractivity contribution in [2.45, 2.75) is 13.5 Å². The summed E-state index contributed by atoms with van der Waals surface area (Å²) in [6.07, 6.45) is 0. The summed E-state index contributed by atoms with van der Waals surface area (Å²) in [4.78, 5) is 12.0. The first-order valence-electron chi connectivity index (χ1n) is 6.12. The standard InChI is InChI=1S/C15H16N2O3/c1-9-6-12(18)3-4-13(9)15(20)17-8-10-7-11(16)2-5-14(10)19/h2-7,18-19H,8,16H2,1H3,(H,17,20). The zero-order valence-corrected chi connectivity index (χ0v) is 11.1. The molecule has 0 spiro atoms. The van der Waals surface area contributed by atoms with Gasteiger partial charge in [0.15, 0.2) is 0 Å². The minimum absolute atomic E-state index is 0.0851. The minimum Gasteiger partial charge on any atom is -0.508 e. The van der Waals surface area contributed by atoms with E-state index in [-0.39, 0.29) is 24.0 Å². The average molecular weight is 272 g/mol. The molecule has 5 heteroatoms. The van der Waals surface area contributed by atoms with Crippen molar-refractivity contribution in [3.63, 3.8) is 0 Å². The summed E-state index contributed by atoms with van der Waals surface area (Å²) in [5, 5.41) is 21.7. The third kappa shape index (κ3) is 3.00. The molecule has 0 bridgehead atoms. The Labute approximate surface area is 116 Å². The van der Waals surface area contributed by atoms with Gasteiger partial charge in [-0.05, 0) is 48.9 Å². The molecule has 2 aromatic rings. The van der Waals surface area contributed by atoms with Crippen LogP contribution >= 0.6 is 0 Å². The highest BCUT2D eigenvalue weighted by Gasteiger charge is 2.10. The van der Waals surface area contributed by atoms with Crippen LogP contribution in [0.5, 0.6) is 11.5 Å². The summed E-state index contributed by atoms with van der Waals surface area (Å²) < 4.78 is 0. The molecule has 0 atom stereocenters. The number of phenolic OH excluding ortho intramolecular Hbond substituents is 2. The van der Waals surface area contributed by atoms with Crippen LogP contribution in [0, 0.1) is 6.92 Å². The van der Waals surface area contributed by atoms with Gasteiger partial charge >= 0.3 is 0 Å². The number of nitrogens with one attached hydrogen (secondary N) is 1. The Morgan fingerprint density at radius 3 is 2.65 bits per heavy atom. The van der Waals surface area contributed by atoms with Gasteiger partial charge in [0.2, 0.25) is 0 Å². The van der Waals surface area contributed by atoms with Crippen LogP contribution in [0.2, 0.25) is 0 Å². The highest BCUT2D eigenvalue weighted by Crippen LogP contribution is 2.20. The van der Waals surface area contributed by atoms with Crippen LogP contribution in [-0.4, -0.2) is 16.1 Å². The van der Waals surface area contributed by atoms with E-state index in [0.29, 0.717) is 22.4 Å². The first-order chi connectivity index (χ1) is 9.47. The van der Waals surface area contributed by atoms with Gasteiger partial charge in [-0.2, -0.15) is 0 Å². The molecule has 0 aliphatic rings. The summed E-state index contributed by atoms with van der Waals surface area (Å²) in [5.41, 5.74) is 7.86.